The second kappa shape index (κ2) is 6.46. The summed E-state index contributed by atoms with van der Waals surface area (Å²) in [6.45, 7) is 4.43. The van der Waals surface area contributed by atoms with Crippen molar-refractivity contribution in [3.8, 4) is 0 Å². The molecule has 2 amide bonds. The summed E-state index contributed by atoms with van der Waals surface area (Å²) in [5.41, 5.74) is 0. The summed E-state index contributed by atoms with van der Waals surface area (Å²) in [6.07, 6.45) is 5.61. The molecule has 2 saturated carbocycles. The van der Waals surface area contributed by atoms with Crippen LogP contribution in [0.25, 0.3) is 0 Å². The number of rotatable bonds is 3. The minimum absolute atomic E-state index is 0.199. The van der Waals surface area contributed by atoms with Crippen molar-refractivity contribution in [2.24, 2.45) is 17.8 Å². The lowest BCUT2D eigenvalue weighted by atomic mass is 9.80. The standard InChI is InChI=1S/C15H26N2O3/c1-9-6-7-12(10(2)8-9)16-15(20)17-13-5-3-4-11(13)14(18)19/h9-13H,3-8H2,1-2H3,(H,18,19)(H2,16,17,20). The highest BCUT2D eigenvalue weighted by molar-refractivity contribution is 5.77. The van der Waals surface area contributed by atoms with Crippen LogP contribution in [-0.2, 0) is 4.79 Å². The molecule has 2 aliphatic carbocycles. The molecule has 2 fully saturated rings. The maximum absolute atomic E-state index is 12.0. The number of nitrogens with one attached hydrogen (secondary N) is 2. The minimum Gasteiger partial charge on any atom is -0.481 e. The molecule has 5 atom stereocenters. The van der Waals surface area contributed by atoms with Gasteiger partial charge in [-0.15, -0.1) is 0 Å². The van der Waals surface area contributed by atoms with Crippen LogP contribution in [0.5, 0.6) is 0 Å². The highest BCUT2D eigenvalue weighted by Crippen LogP contribution is 2.29. The SMILES string of the molecule is CC1CCC(NC(=O)NC2CCCC2C(=O)O)C(C)C1. The third-order valence-corrected chi connectivity index (χ3v) is 4.90. The lowest BCUT2D eigenvalue weighted by molar-refractivity contribution is -0.142. The number of carboxylic acid groups (broad SMARTS) is 1. The van der Waals surface area contributed by atoms with Crippen molar-refractivity contribution in [2.45, 2.75) is 64.5 Å². The Morgan fingerprint density at radius 1 is 1.00 bits per heavy atom. The number of carboxylic acids is 1. The molecule has 114 valence electrons. The molecular formula is C15H26N2O3. The molecule has 2 aliphatic rings. The third-order valence-electron chi connectivity index (χ3n) is 4.90. The van der Waals surface area contributed by atoms with Crippen LogP contribution >= 0.6 is 0 Å². The number of urea groups is 1. The zero-order valence-corrected chi connectivity index (χ0v) is 12.4. The second-order valence-electron chi connectivity index (χ2n) is 6.60. The van der Waals surface area contributed by atoms with Crippen LogP contribution < -0.4 is 10.6 Å². The molecule has 0 aliphatic heterocycles. The second-order valence-corrected chi connectivity index (χ2v) is 6.60. The Bertz CT molecular complexity index is 372. The summed E-state index contributed by atoms with van der Waals surface area (Å²) in [5, 5.41) is 15.0. The van der Waals surface area contributed by atoms with E-state index >= 15 is 0 Å². The van der Waals surface area contributed by atoms with Gasteiger partial charge in [0, 0.05) is 12.1 Å². The van der Waals surface area contributed by atoms with Gasteiger partial charge in [0.25, 0.3) is 0 Å². The molecule has 5 heteroatoms. The van der Waals surface area contributed by atoms with E-state index < -0.39 is 11.9 Å². The first-order valence-corrected chi connectivity index (χ1v) is 7.77. The number of hydrogen-bond acceptors (Lipinski definition) is 2. The fourth-order valence-corrected chi connectivity index (χ4v) is 3.69. The summed E-state index contributed by atoms with van der Waals surface area (Å²) >= 11 is 0. The van der Waals surface area contributed by atoms with E-state index in [1.807, 2.05) is 0 Å². The van der Waals surface area contributed by atoms with E-state index in [-0.39, 0.29) is 18.1 Å². The van der Waals surface area contributed by atoms with Crippen molar-refractivity contribution >= 4 is 12.0 Å². The van der Waals surface area contributed by atoms with Crippen LogP contribution in [0.15, 0.2) is 0 Å². The van der Waals surface area contributed by atoms with Crippen molar-refractivity contribution in [1.29, 1.82) is 0 Å². The van der Waals surface area contributed by atoms with E-state index in [0.29, 0.717) is 12.3 Å². The first-order chi connectivity index (χ1) is 9.47. The highest BCUT2D eigenvalue weighted by atomic mass is 16.4. The fraction of sp³-hybridized carbons (Fsp3) is 0.867. The molecule has 5 nitrogen and oxygen atoms in total. The maximum Gasteiger partial charge on any atom is 0.315 e. The van der Waals surface area contributed by atoms with E-state index in [2.05, 4.69) is 24.5 Å². The molecule has 0 bridgehead atoms. The molecular weight excluding hydrogens is 256 g/mol. The van der Waals surface area contributed by atoms with Crippen LogP contribution in [0, 0.1) is 17.8 Å². The molecule has 0 aromatic carbocycles. The maximum atomic E-state index is 12.0. The summed E-state index contributed by atoms with van der Waals surface area (Å²) < 4.78 is 0. The largest absolute Gasteiger partial charge is 0.481 e. The van der Waals surface area contributed by atoms with E-state index in [4.69, 9.17) is 5.11 Å². The molecule has 0 aromatic rings. The first kappa shape index (κ1) is 15.1. The Morgan fingerprint density at radius 3 is 2.35 bits per heavy atom. The van der Waals surface area contributed by atoms with Gasteiger partial charge in [0.2, 0.25) is 0 Å². The van der Waals surface area contributed by atoms with Gasteiger partial charge in [-0.25, -0.2) is 4.79 Å². The quantitative estimate of drug-likeness (QED) is 0.743. The normalized spacial score (nSPS) is 37.4. The van der Waals surface area contributed by atoms with Crippen LogP contribution in [0.3, 0.4) is 0 Å². The molecule has 0 spiro atoms. The van der Waals surface area contributed by atoms with Crippen molar-refractivity contribution in [2.75, 3.05) is 0 Å². The summed E-state index contributed by atoms with van der Waals surface area (Å²) in [6, 6.07) is -0.198. The number of amides is 2. The first-order valence-electron chi connectivity index (χ1n) is 7.77. The Hall–Kier alpha value is -1.26. The van der Waals surface area contributed by atoms with Gasteiger partial charge < -0.3 is 15.7 Å². The predicted octanol–water partition coefficient (Wildman–Crippen LogP) is 2.36. The summed E-state index contributed by atoms with van der Waals surface area (Å²) in [5.74, 6) is -0.00195. The average molecular weight is 282 g/mol. The van der Waals surface area contributed by atoms with Crippen molar-refractivity contribution < 1.29 is 14.7 Å². The highest BCUT2D eigenvalue weighted by Gasteiger charge is 2.34. The van der Waals surface area contributed by atoms with E-state index in [0.717, 1.165) is 38.0 Å². The molecule has 3 N–H and O–H groups in total. The van der Waals surface area contributed by atoms with Gasteiger partial charge in [-0.05, 0) is 43.9 Å². The van der Waals surface area contributed by atoms with Crippen molar-refractivity contribution in [3.05, 3.63) is 0 Å². The average Bonchev–Trinajstić information content (AvgIpc) is 2.81. The molecule has 20 heavy (non-hydrogen) atoms. The van der Waals surface area contributed by atoms with Gasteiger partial charge in [0.15, 0.2) is 0 Å². The Labute approximate surface area is 120 Å². The topological polar surface area (TPSA) is 78.4 Å². The van der Waals surface area contributed by atoms with E-state index in [1.54, 1.807) is 0 Å². The van der Waals surface area contributed by atoms with Crippen LogP contribution in [0.2, 0.25) is 0 Å². The van der Waals surface area contributed by atoms with Gasteiger partial charge in [-0.3, -0.25) is 4.79 Å². The van der Waals surface area contributed by atoms with Gasteiger partial charge in [-0.2, -0.15) is 0 Å². The smallest absolute Gasteiger partial charge is 0.315 e. The fourth-order valence-electron chi connectivity index (χ4n) is 3.69. The number of carbonyl (C=O) groups is 2. The third kappa shape index (κ3) is 3.64. The predicted molar refractivity (Wildman–Crippen MR) is 76.4 cm³/mol. The van der Waals surface area contributed by atoms with Gasteiger partial charge in [0.1, 0.15) is 0 Å². The van der Waals surface area contributed by atoms with Crippen molar-refractivity contribution in [1.82, 2.24) is 10.6 Å². The summed E-state index contributed by atoms with van der Waals surface area (Å²) in [4.78, 5) is 23.1. The zero-order valence-electron chi connectivity index (χ0n) is 12.4. The van der Waals surface area contributed by atoms with Gasteiger partial charge >= 0.3 is 12.0 Å². The molecule has 0 heterocycles. The monoisotopic (exact) mass is 282 g/mol. The number of hydrogen-bond donors (Lipinski definition) is 3. The zero-order chi connectivity index (χ0) is 14.7. The molecule has 2 rings (SSSR count). The Morgan fingerprint density at radius 2 is 1.70 bits per heavy atom. The van der Waals surface area contributed by atoms with Crippen LogP contribution in [-0.4, -0.2) is 29.2 Å². The van der Waals surface area contributed by atoms with Crippen molar-refractivity contribution in [3.63, 3.8) is 0 Å². The molecule has 0 radical (unpaired) electrons. The molecule has 0 aromatic heterocycles. The number of aliphatic carboxylic acids is 1. The summed E-state index contributed by atoms with van der Waals surface area (Å²) in [7, 11) is 0. The van der Waals surface area contributed by atoms with Gasteiger partial charge in [-0.1, -0.05) is 20.3 Å². The lowest BCUT2D eigenvalue weighted by Crippen LogP contribution is -2.51. The molecule has 0 saturated heterocycles. The number of carbonyl (C=O) groups excluding carboxylic acids is 1. The molecule has 5 unspecified atom stereocenters. The van der Waals surface area contributed by atoms with Gasteiger partial charge in [0.05, 0.1) is 5.92 Å². The van der Waals surface area contributed by atoms with Crippen LogP contribution in [0.4, 0.5) is 4.79 Å². The van der Waals surface area contributed by atoms with E-state index in [9.17, 15) is 9.59 Å². The lowest BCUT2D eigenvalue weighted by Gasteiger charge is -2.33. The minimum atomic E-state index is -0.798. The van der Waals surface area contributed by atoms with Crippen LogP contribution in [0.1, 0.15) is 52.4 Å². The Balaban J connectivity index is 1.82. The van der Waals surface area contributed by atoms with E-state index in [1.165, 1.54) is 0 Å². The Kier molecular flexibility index (Phi) is 4.89.